The standard InChI is InChI=1S/C21H21F2NO8/c1-28-16-8-13(9-17(29-2)19(16)30-3)15(25)11-31-18(26)10-24-20(27)12-5-4-6-14(7-12)32-21(22)23/h4-9,21H,10-11H2,1-3H3,(H,24,27). The molecular formula is C21H21F2NO8. The number of alkyl halides is 2. The highest BCUT2D eigenvalue weighted by molar-refractivity contribution is 5.99. The van der Waals surface area contributed by atoms with Gasteiger partial charge in [0.2, 0.25) is 11.5 Å². The Hall–Kier alpha value is -3.89. The Kier molecular flexibility index (Phi) is 8.75. The summed E-state index contributed by atoms with van der Waals surface area (Å²) in [5.41, 5.74) is 0.164. The molecule has 2 aromatic rings. The van der Waals surface area contributed by atoms with Crippen molar-refractivity contribution in [3.8, 4) is 23.0 Å². The molecule has 2 aromatic carbocycles. The van der Waals surface area contributed by atoms with E-state index in [2.05, 4.69) is 10.1 Å². The van der Waals surface area contributed by atoms with E-state index in [4.69, 9.17) is 18.9 Å². The molecule has 0 heterocycles. The Morgan fingerprint density at radius 3 is 2.16 bits per heavy atom. The smallest absolute Gasteiger partial charge is 0.387 e. The van der Waals surface area contributed by atoms with Crippen molar-refractivity contribution < 1.29 is 46.8 Å². The first-order chi connectivity index (χ1) is 15.3. The maximum absolute atomic E-state index is 12.4. The van der Waals surface area contributed by atoms with Gasteiger partial charge < -0.3 is 29.0 Å². The number of amides is 1. The number of benzene rings is 2. The van der Waals surface area contributed by atoms with Gasteiger partial charge in [-0.25, -0.2) is 0 Å². The summed E-state index contributed by atoms with van der Waals surface area (Å²) >= 11 is 0. The summed E-state index contributed by atoms with van der Waals surface area (Å²) in [4.78, 5) is 36.3. The number of carbonyl (C=O) groups excluding carboxylic acids is 3. The van der Waals surface area contributed by atoms with Crippen LogP contribution in [0.3, 0.4) is 0 Å². The summed E-state index contributed by atoms with van der Waals surface area (Å²) in [6.07, 6.45) is 0. The van der Waals surface area contributed by atoms with E-state index in [9.17, 15) is 23.2 Å². The lowest BCUT2D eigenvalue weighted by molar-refractivity contribution is -0.141. The second kappa shape index (κ2) is 11.5. The van der Waals surface area contributed by atoms with Crippen LogP contribution >= 0.6 is 0 Å². The zero-order valence-corrected chi connectivity index (χ0v) is 17.5. The lowest BCUT2D eigenvalue weighted by atomic mass is 10.1. The van der Waals surface area contributed by atoms with Crippen LogP contribution in [0.5, 0.6) is 23.0 Å². The molecule has 32 heavy (non-hydrogen) atoms. The molecule has 0 aromatic heterocycles. The molecule has 0 atom stereocenters. The van der Waals surface area contributed by atoms with Crippen molar-refractivity contribution in [1.29, 1.82) is 0 Å². The van der Waals surface area contributed by atoms with Crippen LogP contribution in [-0.4, -0.2) is 58.8 Å². The van der Waals surface area contributed by atoms with Crippen LogP contribution in [0.2, 0.25) is 0 Å². The topological polar surface area (TPSA) is 109 Å². The molecule has 0 unspecified atom stereocenters. The van der Waals surface area contributed by atoms with Crippen molar-refractivity contribution >= 4 is 17.7 Å². The van der Waals surface area contributed by atoms with Gasteiger partial charge in [0.15, 0.2) is 18.1 Å². The van der Waals surface area contributed by atoms with Crippen molar-refractivity contribution in [1.82, 2.24) is 5.32 Å². The number of ether oxygens (including phenoxy) is 5. The van der Waals surface area contributed by atoms with Crippen LogP contribution < -0.4 is 24.3 Å². The third-order valence-corrected chi connectivity index (χ3v) is 4.07. The molecule has 0 fully saturated rings. The summed E-state index contributed by atoms with van der Waals surface area (Å²) in [5.74, 6) is -1.52. The average Bonchev–Trinajstić information content (AvgIpc) is 2.79. The maximum atomic E-state index is 12.4. The molecule has 1 amide bonds. The normalized spacial score (nSPS) is 10.3. The average molecular weight is 453 g/mol. The van der Waals surface area contributed by atoms with Crippen molar-refractivity contribution in [3.63, 3.8) is 0 Å². The van der Waals surface area contributed by atoms with E-state index in [1.54, 1.807) is 0 Å². The van der Waals surface area contributed by atoms with E-state index in [1.807, 2.05) is 0 Å². The molecular weight excluding hydrogens is 432 g/mol. The number of esters is 1. The van der Waals surface area contributed by atoms with Gasteiger partial charge in [0.25, 0.3) is 5.91 Å². The van der Waals surface area contributed by atoms with Gasteiger partial charge in [-0.05, 0) is 30.3 Å². The van der Waals surface area contributed by atoms with Crippen molar-refractivity contribution in [3.05, 3.63) is 47.5 Å². The summed E-state index contributed by atoms with van der Waals surface area (Å²) in [5, 5.41) is 2.27. The van der Waals surface area contributed by atoms with E-state index in [0.29, 0.717) is 5.75 Å². The Morgan fingerprint density at radius 2 is 1.59 bits per heavy atom. The molecule has 1 N–H and O–H groups in total. The molecule has 0 aliphatic rings. The van der Waals surface area contributed by atoms with Crippen LogP contribution in [0.15, 0.2) is 36.4 Å². The minimum Gasteiger partial charge on any atom is -0.493 e. The lowest BCUT2D eigenvalue weighted by Gasteiger charge is -2.13. The van der Waals surface area contributed by atoms with Gasteiger partial charge >= 0.3 is 12.6 Å². The molecule has 0 radical (unpaired) electrons. The van der Waals surface area contributed by atoms with Gasteiger partial charge in [-0.15, -0.1) is 0 Å². The van der Waals surface area contributed by atoms with Gasteiger partial charge in [-0.2, -0.15) is 8.78 Å². The maximum Gasteiger partial charge on any atom is 0.387 e. The Balaban J connectivity index is 1.92. The van der Waals surface area contributed by atoms with Gasteiger partial charge in [-0.1, -0.05) is 6.07 Å². The van der Waals surface area contributed by atoms with Crippen LogP contribution in [0.4, 0.5) is 8.78 Å². The van der Waals surface area contributed by atoms with E-state index >= 15 is 0 Å². The molecule has 0 aliphatic heterocycles. The fourth-order valence-electron chi connectivity index (χ4n) is 2.59. The quantitative estimate of drug-likeness (QED) is 0.408. The third-order valence-electron chi connectivity index (χ3n) is 4.07. The molecule has 0 saturated carbocycles. The number of ketones is 1. The van der Waals surface area contributed by atoms with Crippen molar-refractivity contribution in [2.75, 3.05) is 34.5 Å². The highest BCUT2D eigenvalue weighted by atomic mass is 19.3. The zero-order valence-electron chi connectivity index (χ0n) is 17.5. The van der Waals surface area contributed by atoms with Crippen molar-refractivity contribution in [2.45, 2.75) is 6.61 Å². The number of halogens is 2. The van der Waals surface area contributed by atoms with E-state index in [1.165, 1.54) is 51.7 Å². The lowest BCUT2D eigenvalue weighted by Crippen LogP contribution is -2.31. The zero-order chi connectivity index (χ0) is 23.7. The molecule has 0 saturated heterocycles. The number of hydrogen-bond acceptors (Lipinski definition) is 8. The van der Waals surface area contributed by atoms with Gasteiger partial charge in [0.1, 0.15) is 12.3 Å². The molecule has 2 rings (SSSR count). The molecule has 11 heteroatoms. The molecule has 0 spiro atoms. The predicted octanol–water partition coefficient (Wildman–Crippen LogP) is 2.47. The minimum absolute atomic E-state index is 0.00412. The first-order valence-corrected chi connectivity index (χ1v) is 9.11. The van der Waals surface area contributed by atoms with Crippen LogP contribution in [0.25, 0.3) is 0 Å². The number of rotatable bonds is 11. The van der Waals surface area contributed by atoms with E-state index in [0.717, 1.165) is 6.07 Å². The second-order valence-electron chi connectivity index (χ2n) is 6.09. The van der Waals surface area contributed by atoms with Crippen LogP contribution in [0.1, 0.15) is 20.7 Å². The summed E-state index contributed by atoms with van der Waals surface area (Å²) < 4.78 is 49.2. The van der Waals surface area contributed by atoms with Gasteiger partial charge in [0, 0.05) is 11.1 Å². The molecule has 0 aliphatic carbocycles. The highest BCUT2D eigenvalue weighted by Crippen LogP contribution is 2.38. The fraction of sp³-hybridized carbons (Fsp3) is 0.286. The number of carbonyl (C=O) groups is 3. The minimum atomic E-state index is -3.04. The van der Waals surface area contributed by atoms with Crippen molar-refractivity contribution in [2.24, 2.45) is 0 Å². The first-order valence-electron chi connectivity index (χ1n) is 9.11. The van der Waals surface area contributed by atoms with Crippen LogP contribution in [-0.2, 0) is 9.53 Å². The predicted molar refractivity (Wildman–Crippen MR) is 107 cm³/mol. The SMILES string of the molecule is COc1cc(C(=O)COC(=O)CNC(=O)c2cccc(OC(F)F)c2)cc(OC)c1OC. The molecule has 0 bridgehead atoms. The van der Waals surface area contributed by atoms with Crippen LogP contribution in [0, 0.1) is 0 Å². The number of methoxy groups -OCH3 is 3. The number of hydrogen-bond donors (Lipinski definition) is 1. The van der Waals surface area contributed by atoms with Gasteiger partial charge in [0.05, 0.1) is 21.3 Å². The number of Topliss-reactive ketones (excluding diaryl/α,β-unsaturated/α-hetero) is 1. The number of nitrogens with one attached hydrogen (secondary N) is 1. The summed E-state index contributed by atoms with van der Waals surface area (Å²) in [6, 6.07) is 7.88. The second-order valence-corrected chi connectivity index (χ2v) is 6.09. The van der Waals surface area contributed by atoms with E-state index in [-0.39, 0.29) is 28.4 Å². The Morgan fingerprint density at radius 1 is 0.938 bits per heavy atom. The van der Waals surface area contributed by atoms with Gasteiger partial charge in [-0.3, -0.25) is 14.4 Å². The molecule has 172 valence electrons. The Labute approximate surface area is 182 Å². The van der Waals surface area contributed by atoms with E-state index < -0.39 is 37.4 Å². The Bertz CT molecular complexity index is 955. The largest absolute Gasteiger partial charge is 0.493 e. The summed E-state index contributed by atoms with van der Waals surface area (Å²) in [6.45, 7) is -4.17. The fourth-order valence-corrected chi connectivity index (χ4v) is 2.59. The summed E-state index contributed by atoms with van der Waals surface area (Å²) in [7, 11) is 4.20. The monoisotopic (exact) mass is 453 g/mol. The highest BCUT2D eigenvalue weighted by Gasteiger charge is 2.18. The third kappa shape index (κ3) is 6.56. The first kappa shape index (κ1) is 24.4. The molecule has 9 nitrogen and oxygen atoms in total.